The number of hydrogen-bond acceptors (Lipinski definition) is 2. The fraction of sp³-hybridized carbons (Fsp3) is 0.706. The lowest BCUT2D eigenvalue weighted by Gasteiger charge is -2.43. The van der Waals surface area contributed by atoms with Crippen molar-refractivity contribution in [2.75, 3.05) is 13.1 Å². The Morgan fingerprint density at radius 2 is 2.26 bits per heavy atom. The molecule has 0 saturated heterocycles. The van der Waals surface area contributed by atoms with E-state index in [0.29, 0.717) is 0 Å². The van der Waals surface area contributed by atoms with Gasteiger partial charge in [0, 0.05) is 17.8 Å². The Kier molecular flexibility index (Phi) is 4.17. The van der Waals surface area contributed by atoms with Crippen molar-refractivity contribution in [3.63, 3.8) is 0 Å². The van der Waals surface area contributed by atoms with Gasteiger partial charge in [-0.15, -0.1) is 0 Å². The second-order valence-corrected chi connectivity index (χ2v) is 6.25. The lowest BCUT2D eigenvalue weighted by Crippen LogP contribution is -2.39. The highest BCUT2D eigenvalue weighted by molar-refractivity contribution is 5.27. The summed E-state index contributed by atoms with van der Waals surface area (Å²) < 4.78 is 0. The lowest BCUT2D eigenvalue weighted by atomic mass is 9.63. The Hall–Kier alpha value is -0.890. The van der Waals surface area contributed by atoms with Crippen LogP contribution in [0.3, 0.4) is 0 Å². The number of aryl methyl sites for hydroxylation is 1. The van der Waals surface area contributed by atoms with Gasteiger partial charge in [-0.25, -0.2) is 0 Å². The van der Waals surface area contributed by atoms with Gasteiger partial charge in [0.05, 0.1) is 0 Å². The number of rotatable bonds is 5. The molecule has 19 heavy (non-hydrogen) atoms. The molecule has 3 atom stereocenters. The highest BCUT2D eigenvalue weighted by Crippen LogP contribution is 2.47. The predicted octanol–water partition coefficient (Wildman–Crippen LogP) is 3.53. The molecule has 0 spiro atoms. The quantitative estimate of drug-likeness (QED) is 0.817. The van der Waals surface area contributed by atoms with Gasteiger partial charge in [-0.1, -0.05) is 13.0 Å². The second kappa shape index (κ2) is 6.04. The summed E-state index contributed by atoms with van der Waals surface area (Å²) in [4.78, 5) is 4.71. The van der Waals surface area contributed by atoms with Gasteiger partial charge in [0.1, 0.15) is 0 Å². The number of nitrogens with zero attached hydrogens (tertiary/aromatic N) is 1. The van der Waals surface area contributed by atoms with Crippen molar-refractivity contribution in [2.45, 2.75) is 51.4 Å². The molecule has 2 heteroatoms. The van der Waals surface area contributed by atoms with Crippen LogP contribution in [0.1, 0.15) is 56.2 Å². The van der Waals surface area contributed by atoms with Gasteiger partial charge >= 0.3 is 0 Å². The van der Waals surface area contributed by atoms with E-state index >= 15 is 0 Å². The molecule has 1 aromatic rings. The van der Waals surface area contributed by atoms with E-state index in [4.69, 9.17) is 4.98 Å². The van der Waals surface area contributed by atoms with E-state index in [1.54, 1.807) is 0 Å². The zero-order valence-electron chi connectivity index (χ0n) is 12.1. The lowest BCUT2D eigenvalue weighted by molar-refractivity contribution is 0.127. The van der Waals surface area contributed by atoms with Crippen LogP contribution < -0.4 is 5.32 Å². The van der Waals surface area contributed by atoms with Crippen LogP contribution in [0.2, 0.25) is 0 Å². The zero-order valence-corrected chi connectivity index (χ0v) is 12.1. The minimum Gasteiger partial charge on any atom is -0.316 e. The van der Waals surface area contributed by atoms with Crippen LogP contribution in [0, 0.1) is 11.8 Å². The van der Waals surface area contributed by atoms with E-state index in [2.05, 4.69) is 24.4 Å². The van der Waals surface area contributed by atoms with Gasteiger partial charge in [-0.05, 0) is 75.1 Å². The van der Waals surface area contributed by atoms with Crippen molar-refractivity contribution < 1.29 is 0 Å². The molecule has 3 unspecified atom stereocenters. The van der Waals surface area contributed by atoms with E-state index in [1.807, 2.05) is 6.20 Å². The highest BCUT2D eigenvalue weighted by Gasteiger charge is 2.39. The minimum atomic E-state index is 0.743. The fourth-order valence-electron chi connectivity index (χ4n) is 3.90. The van der Waals surface area contributed by atoms with Crippen LogP contribution in [0.15, 0.2) is 18.3 Å². The summed E-state index contributed by atoms with van der Waals surface area (Å²) >= 11 is 0. The summed E-state index contributed by atoms with van der Waals surface area (Å²) in [7, 11) is 0. The standard InChI is InChI=1S/C17H26N2/c1-2-10-18-12-14-8-9-15(14)16-7-3-5-13-6-4-11-19-17(13)16/h4,6,11,14-16,18H,2-3,5,7-10,12H2,1H3. The molecule has 0 aromatic carbocycles. The topological polar surface area (TPSA) is 24.9 Å². The van der Waals surface area contributed by atoms with Crippen LogP contribution in [-0.4, -0.2) is 18.1 Å². The molecular weight excluding hydrogens is 232 g/mol. The first-order valence-electron chi connectivity index (χ1n) is 8.04. The smallest absolute Gasteiger partial charge is 0.0469 e. The average molecular weight is 258 g/mol. The molecule has 0 amide bonds. The number of hydrogen-bond donors (Lipinski definition) is 1. The SMILES string of the molecule is CCCNCC1CCC1C1CCCc2cccnc21. The molecule has 2 aliphatic carbocycles. The highest BCUT2D eigenvalue weighted by atomic mass is 14.9. The predicted molar refractivity (Wildman–Crippen MR) is 79.3 cm³/mol. The summed E-state index contributed by atoms with van der Waals surface area (Å²) in [6.07, 6.45) is 10.0. The van der Waals surface area contributed by atoms with Crippen molar-refractivity contribution >= 4 is 0 Å². The van der Waals surface area contributed by atoms with Gasteiger partial charge in [0.25, 0.3) is 0 Å². The Balaban J connectivity index is 1.66. The van der Waals surface area contributed by atoms with Crippen molar-refractivity contribution in [3.8, 4) is 0 Å². The Morgan fingerprint density at radius 3 is 3.05 bits per heavy atom. The largest absolute Gasteiger partial charge is 0.316 e. The number of aromatic nitrogens is 1. The van der Waals surface area contributed by atoms with Crippen LogP contribution >= 0.6 is 0 Å². The maximum absolute atomic E-state index is 4.71. The maximum Gasteiger partial charge on any atom is 0.0469 e. The third-order valence-electron chi connectivity index (χ3n) is 5.06. The molecule has 2 aliphatic rings. The number of pyridine rings is 1. The average Bonchev–Trinajstić information content (AvgIpc) is 2.43. The fourth-order valence-corrected chi connectivity index (χ4v) is 3.90. The molecule has 1 aromatic heterocycles. The first-order valence-corrected chi connectivity index (χ1v) is 8.04. The first kappa shape index (κ1) is 13.1. The Labute approximate surface area is 117 Å². The van der Waals surface area contributed by atoms with E-state index in [9.17, 15) is 0 Å². The molecule has 0 bridgehead atoms. The third-order valence-corrected chi connectivity index (χ3v) is 5.06. The maximum atomic E-state index is 4.71. The van der Waals surface area contributed by atoms with Crippen molar-refractivity contribution in [3.05, 3.63) is 29.6 Å². The molecule has 1 saturated carbocycles. The van der Waals surface area contributed by atoms with Gasteiger partial charge in [0.15, 0.2) is 0 Å². The molecular formula is C17H26N2. The molecule has 1 heterocycles. The van der Waals surface area contributed by atoms with E-state index in [-0.39, 0.29) is 0 Å². The molecule has 0 aliphatic heterocycles. The van der Waals surface area contributed by atoms with Crippen LogP contribution in [0.4, 0.5) is 0 Å². The van der Waals surface area contributed by atoms with Gasteiger partial charge < -0.3 is 5.32 Å². The summed E-state index contributed by atoms with van der Waals surface area (Å²) in [6.45, 7) is 4.63. The normalized spacial score (nSPS) is 29.6. The zero-order chi connectivity index (χ0) is 13.1. The van der Waals surface area contributed by atoms with Gasteiger partial charge in [0.2, 0.25) is 0 Å². The summed E-state index contributed by atoms with van der Waals surface area (Å²) in [6, 6.07) is 4.39. The Morgan fingerprint density at radius 1 is 1.32 bits per heavy atom. The summed E-state index contributed by atoms with van der Waals surface area (Å²) in [5.41, 5.74) is 2.95. The molecule has 1 fully saturated rings. The molecule has 3 rings (SSSR count). The van der Waals surface area contributed by atoms with Crippen molar-refractivity contribution in [1.29, 1.82) is 0 Å². The summed E-state index contributed by atoms with van der Waals surface area (Å²) in [5.74, 6) is 2.52. The third kappa shape index (κ3) is 2.69. The van der Waals surface area contributed by atoms with Crippen LogP contribution in [0.5, 0.6) is 0 Å². The monoisotopic (exact) mass is 258 g/mol. The molecule has 104 valence electrons. The van der Waals surface area contributed by atoms with Gasteiger partial charge in [-0.2, -0.15) is 0 Å². The van der Waals surface area contributed by atoms with Crippen LogP contribution in [-0.2, 0) is 6.42 Å². The molecule has 0 radical (unpaired) electrons. The van der Waals surface area contributed by atoms with E-state index in [0.717, 1.165) is 17.8 Å². The first-order chi connectivity index (χ1) is 9.40. The molecule has 1 N–H and O–H groups in total. The number of fused-ring (bicyclic) bond motifs is 1. The minimum absolute atomic E-state index is 0.743. The van der Waals surface area contributed by atoms with Gasteiger partial charge in [-0.3, -0.25) is 4.98 Å². The second-order valence-electron chi connectivity index (χ2n) is 6.25. The molecule has 2 nitrogen and oxygen atoms in total. The van der Waals surface area contributed by atoms with Crippen LogP contribution in [0.25, 0.3) is 0 Å². The van der Waals surface area contributed by atoms with Crippen molar-refractivity contribution in [2.24, 2.45) is 11.8 Å². The Bertz CT molecular complexity index is 415. The summed E-state index contributed by atoms with van der Waals surface area (Å²) in [5, 5.41) is 3.61. The van der Waals surface area contributed by atoms with E-state index < -0.39 is 0 Å². The number of nitrogens with one attached hydrogen (secondary N) is 1. The van der Waals surface area contributed by atoms with Crippen molar-refractivity contribution in [1.82, 2.24) is 10.3 Å². The van der Waals surface area contributed by atoms with E-state index in [1.165, 1.54) is 62.9 Å².